The van der Waals surface area contributed by atoms with Crippen LogP contribution in [0.4, 0.5) is 0 Å². The highest BCUT2D eigenvalue weighted by Crippen LogP contribution is 2.14. The molecule has 1 fully saturated rings. The number of hydrogen-bond donors (Lipinski definition) is 1. The summed E-state index contributed by atoms with van der Waals surface area (Å²) in [4.78, 5) is 2.35. The lowest BCUT2D eigenvalue weighted by atomic mass is 10.0. The Hall–Kier alpha value is -0.120. The molecule has 78 valence electrons. The van der Waals surface area contributed by atoms with E-state index in [-0.39, 0.29) is 6.04 Å². The van der Waals surface area contributed by atoms with Crippen LogP contribution in [0.5, 0.6) is 0 Å². The molecule has 1 saturated heterocycles. The Morgan fingerprint density at radius 1 is 1.62 bits per heavy atom. The molecule has 13 heavy (non-hydrogen) atoms. The maximum atomic E-state index is 6.05. The standard InChI is InChI=1S/C10H22N2O/c1-4-8(2)12(3)10-7-13-6-5-9(10)11/h8-10H,4-7,11H2,1-3H3. The second-order valence-electron chi connectivity index (χ2n) is 4.02. The largest absolute Gasteiger partial charge is 0.380 e. The third kappa shape index (κ3) is 2.66. The van der Waals surface area contributed by atoms with Crippen molar-refractivity contribution in [1.29, 1.82) is 0 Å². The highest BCUT2D eigenvalue weighted by atomic mass is 16.5. The summed E-state index contributed by atoms with van der Waals surface area (Å²) in [7, 11) is 2.15. The summed E-state index contributed by atoms with van der Waals surface area (Å²) < 4.78 is 5.45. The lowest BCUT2D eigenvalue weighted by Gasteiger charge is -2.38. The van der Waals surface area contributed by atoms with Gasteiger partial charge in [-0.25, -0.2) is 0 Å². The van der Waals surface area contributed by atoms with Crippen molar-refractivity contribution in [3.8, 4) is 0 Å². The van der Waals surface area contributed by atoms with Gasteiger partial charge < -0.3 is 10.5 Å². The summed E-state index contributed by atoms with van der Waals surface area (Å²) in [6, 6.07) is 1.29. The fourth-order valence-electron chi connectivity index (χ4n) is 1.77. The first-order valence-electron chi connectivity index (χ1n) is 5.22. The van der Waals surface area contributed by atoms with Gasteiger partial charge in [-0.05, 0) is 26.8 Å². The highest BCUT2D eigenvalue weighted by molar-refractivity contribution is 4.85. The molecule has 1 rings (SSSR count). The quantitative estimate of drug-likeness (QED) is 0.709. The summed E-state index contributed by atoms with van der Waals surface area (Å²) >= 11 is 0. The van der Waals surface area contributed by atoms with Crippen LogP contribution in [0.25, 0.3) is 0 Å². The van der Waals surface area contributed by atoms with Crippen LogP contribution in [0.2, 0.25) is 0 Å². The minimum absolute atomic E-state index is 0.285. The molecule has 0 aromatic carbocycles. The third-order valence-corrected chi connectivity index (χ3v) is 3.19. The summed E-state index contributed by atoms with van der Waals surface area (Å²) in [6.45, 7) is 6.06. The van der Waals surface area contributed by atoms with Crippen molar-refractivity contribution < 1.29 is 4.74 Å². The SMILES string of the molecule is CCC(C)N(C)C1COCCC1N. The fraction of sp³-hybridized carbons (Fsp3) is 1.00. The molecule has 0 aromatic rings. The molecule has 3 unspecified atom stereocenters. The van der Waals surface area contributed by atoms with Crippen molar-refractivity contribution in [2.24, 2.45) is 5.73 Å². The zero-order chi connectivity index (χ0) is 9.84. The first kappa shape index (κ1) is 11.0. The second-order valence-corrected chi connectivity index (χ2v) is 4.02. The van der Waals surface area contributed by atoms with Crippen LogP contribution in [0, 0.1) is 0 Å². The predicted molar refractivity (Wildman–Crippen MR) is 54.7 cm³/mol. The molecule has 0 amide bonds. The summed E-state index contributed by atoms with van der Waals surface area (Å²) in [6.07, 6.45) is 2.16. The monoisotopic (exact) mass is 186 g/mol. The minimum atomic E-state index is 0.285. The van der Waals surface area contributed by atoms with Crippen molar-refractivity contribution in [2.75, 3.05) is 20.3 Å². The van der Waals surface area contributed by atoms with E-state index in [0.29, 0.717) is 12.1 Å². The van der Waals surface area contributed by atoms with E-state index in [9.17, 15) is 0 Å². The van der Waals surface area contributed by atoms with E-state index >= 15 is 0 Å². The van der Waals surface area contributed by atoms with Gasteiger partial charge in [0.25, 0.3) is 0 Å². The van der Waals surface area contributed by atoms with E-state index in [2.05, 4.69) is 25.8 Å². The van der Waals surface area contributed by atoms with Crippen molar-refractivity contribution in [1.82, 2.24) is 4.90 Å². The molecule has 3 heteroatoms. The summed E-state index contributed by atoms with van der Waals surface area (Å²) in [5.41, 5.74) is 6.05. The molecule has 1 aliphatic rings. The second kappa shape index (κ2) is 4.94. The lowest BCUT2D eigenvalue weighted by Crippen LogP contribution is -2.54. The number of rotatable bonds is 3. The lowest BCUT2D eigenvalue weighted by molar-refractivity contribution is 0.00236. The molecule has 3 nitrogen and oxygen atoms in total. The van der Waals surface area contributed by atoms with Crippen molar-refractivity contribution in [2.45, 2.75) is 44.8 Å². The van der Waals surface area contributed by atoms with Gasteiger partial charge in [0.1, 0.15) is 0 Å². The van der Waals surface area contributed by atoms with E-state index in [0.717, 1.165) is 19.6 Å². The number of nitrogens with two attached hydrogens (primary N) is 1. The van der Waals surface area contributed by atoms with Crippen LogP contribution in [-0.4, -0.2) is 43.3 Å². The normalized spacial score (nSPS) is 32.1. The topological polar surface area (TPSA) is 38.5 Å². The molecule has 0 saturated carbocycles. The van der Waals surface area contributed by atoms with E-state index in [1.807, 2.05) is 0 Å². The first-order valence-corrected chi connectivity index (χ1v) is 5.22. The molecule has 0 bridgehead atoms. The van der Waals surface area contributed by atoms with Gasteiger partial charge in [-0.3, -0.25) is 4.90 Å². The molecule has 2 N–H and O–H groups in total. The average Bonchev–Trinajstić information content (AvgIpc) is 2.16. The van der Waals surface area contributed by atoms with Gasteiger partial charge in [-0.15, -0.1) is 0 Å². The van der Waals surface area contributed by atoms with E-state index < -0.39 is 0 Å². The van der Waals surface area contributed by atoms with E-state index in [4.69, 9.17) is 10.5 Å². The molecule has 1 heterocycles. The van der Waals surface area contributed by atoms with Gasteiger partial charge in [0.05, 0.1) is 6.61 Å². The van der Waals surface area contributed by atoms with Crippen LogP contribution in [0.3, 0.4) is 0 Å². The van der Waals surface area contributed by atoms with Gasteiger partial charge in [0.2, 0.25) is 0 Å². The van der Waals surface area contributed by atoms with Crippen molar-refractivity contribution in [3.63, 3.8) is 0 Å². The fourth-order valence-corrected chi connectivity index (χ4v) is 1.77. The molecule has 0 spiro atoms. The molecule has 0 aromatic heterocycles. The molecular formula is C10H22N2O. The van der Waals surface area contributed by atoms with E-state index in [1.165, 1.54) is 6.42 Å². The maximum Gasteiger partial charge on any atom is 0.0636 e. The smallest absolute Gasteiger partial charge is 0.0636 e. The van der Waals surface area contributed by atoms with Crippen molar-refractivity contribution >= 4 is 0 Å². The molecular weight excluding hydrogens is 164 g/mol. The van der Waals surface area contributed by atoms with Gasteiger partial charge >= 0.3 is 0 Å². The summed E-state index contributed by atoms with van der Waals surface area (Å²) in [5.74, 6) is 0. The Kier molecular flexibility index (Phi) is 4.16. The Labute approximate surface area is 81.2 Å². The van der Waals surface area contributed by atoms with Crippen LogP contribution < -0.4 is 5.73 Å². The molecule has 1 aliphatic heterocycles. The third-order valence-electron chi connectivity index (χ3n) is 3.19. The molecule has 3 atom stereocenters. The Morgan fingerprint density at radius 3 is 2.85 bits per heavy atom. The van der Waals surface area contributed by atoms with Crippen molar-refractivity contribution in [3.05, 3.63) is 0 Å². The highest BCUT2D eigenvalue weighted by Gasteiger charge is 2.27. The maximum absolute atomic E-state index is 6.05. The first-order chi connectivity index (χ1) is 6.16. The number of ether oxygens (including phenoxy) is 1. The number of hydrogen-bond acceptors (Lipinski definition) is 3. The van der Waals surface area contributed by atoms with Gasteiger partial charge in [-0.1, -0.05) is 6.92 Å². The average molecular weight is 186 g/mol. The van der Waals surface area contributed by atoms with Crippen LogP contribution in [0.15, 0.2) is 0 Å². The molecule has 0 aliphatic carbocycles. The Bertz CT molecular complexity index is 152. The Morgan fingerprint density at radius 2 is 2.31 bits per heavy atom. The van der Waals surface area contributed by atoms with Gasteiger partial charge in [-0.2, -0.15) is 0 Å². The van der Waals surface area contributed by atoms with Crippen LogP contribution in [0.1, 0.15) is 26.7 Å². The van der Waals surface area contributed by atoms with Crippen LogP contribution >= 0.6 is 0 Å². The minimum Gasteiger partial charge on any atom is -0.380 e. The molecule has 0 radical (unpaired) electrons. The van der Waals surface area contributed by atoms with Crippen LogP contribution in [-0.2, 0) is 4.74 Å². The van der Waals surface area contributed by atoms with Gasteiger partial charge in [0, 0.05) is 24.7 Å². The summed E-state index contributed by atoms with van der Waals surface area (Å²) in [5, 5.41) is 0. The Balaban J connectivity index is 2.47. The predicted octanol–water partition coefficient (Wildman–Crippen LogP) is 0.833. The van der Waals surface area contributed by atoms with E-state index in [1.54, 1.807) is 0 Å². The number of likely N-dealkylation sites (N-methyl/N-ethyl adjacent to an activating group) is 1. The van der Waals surface area contributed by atoms with Gasteiger partial charge in [0.15, 0.2) is 0 Å². The zero-order valence-electron chi connectivity index (χ0n) is 8.99. The zero-order valence-corrected chi connectivity index (χ0v) is 8.99. The number of nitrogens with zero attached hydrogens (tertiary/aromatic N) is 1.